The molecule has 2 rings (SSSR count). The molecule has 0 amide bonds. The molecule has 1 aliphatic rings. The predicted molar refractivity (Wildman–Crippen MR) is 81.1 cm³/mol. The van der Waals surface area contributed by atoms with Crippen molar-refractivity contribution in [3.05, 3.63) is 23.8 Å². The Balaban J connectivity index is 2.12. The fourth-order valence-electron chi connectivity index (χ4n) is 2.97. The lowest BCUT2D eigenvalue weighted by molar-refractivity contribution is 0.200. The number of fused-ring (bicyclic) bond motifs is 1. The van der Waals surface area contributed by atoms with Gasteiger partial charge in [0.1, 0.15) is 5.75 Å². The van der Waals surface area contributed by atoms with Crippen molar-refractivity contribution >= 4 is 5.69 Å². The van der Waals surface area contributed by atoms with Gasteiger partial charge in [-0.3, -0.25) is 4.90 Å². The number of hydrogen-bond acceptors (Lipinski definition) is 3. The zero-order valence-electron chi connectivity index (χ0n) is 12.4. The highest BCUT2D eigenvalue weighted by Crippen LogP contribution is 2.32. The van der Waals surface area contributed by atoms with E-state index >= 15 is 0 Å². The Morgan fingerprint density at radius 1 is 1.26 bits per heavy atom. The summed E-state index contributed by atoms with van der Waals surface area (Å²) in [6, 6.07) is 6.94. The number of hydrogen-bond donors (Lipinski definition) is 1. The van der Waals surface area contributed by atoms with Crippen molar-refractivity contribution < 1.29 is 4.74 Å². The molecule has 0 spiro atoms. The van der Waals surface area contributed by atoms with Gasteiger partial charge in [-0.25, -0.2) is 0 Å². The summed E-state index contributed by atoms with van der Waals surface area (Å²) in [5.74, 6) is 0.966. The van der Waals surface area contributed by atoms with Crippen LogP contribution >= 0.6 is 0 Å². The Kier molecular flexibility index (Phi) is 5.08. The van der Waals surface area contributed by atoms with Crippen molar-refractivity contribution in [1.29, 1.82) is 0 Å². The van der Waals surface area contributed by atoms with Crippen molar-refractivity contribution in [2.75, 3.05) is 32.1 Å². The molecule has 0 aromatic heterocycles. The largest absolute Gasteiger partial charge is 0.495 e. The summed E-state index contributed by atoms with van der Waals surface area (Å²) in [7, 11) is 1.74. The lowest BCUT2D eigenvalue weighted by Crippen LogP contribution is -2.44. The number of ether oxygens (including phenoxy) is 1. The summed E-state index contributed by atoms with van der Waals surface area (Å²) in [4.78, 5) is 2.62. The highest BCUT2D eigenvalue weighted by molar-refractivity contribution is 5.63. The summed E-state index contributed by atoms with van der Waals surface area (Å²) < 4.78 is 5.43. The number of rotatable bonds is 6. The maximum Gasteiger partial charge on any atom is 0.142 e. The molecule has 1 atom stereocenters. The number of nitrogens with one attached hydrogen (secondary N) is 1. The highest BCUT2D eigenvalue weighted by Gasteiger charge is 2.24. The third kappa shape index (κ3) is 3.21. The van der Waals surface area contributed by atoms with Crippen LogP contribution in [0.15, 0.2) is 18.2 Å². The maximum absolute atomic E-state index is 5.43. The Labute approximate surface area is 116 Å². The van der Waals surface area contributed by atoms with E-state index in [9.17, 15) is 0 Å². The summed E-state index contributed by atoms with van der Waals surface area (Å²) in [5.41, 5.74) is 2.57. The molecular formula is C16H26N2O. The van der Waals surface area contributed by atoms with E-state index in [2.05, 4.69) is 36.2 Å². The molecule has 1 aliphatic heterocycles. The quantitative estimate of drug-likeness (QED) is 0.852. The molecule has 0 aliphatic carbocycles. The molecular weight excluding hydrogens is 236 g/mol. The van der Waals surface area contributed by atoms with E-state index in [4.69, 9.17) is 4.74 Å². The Hall–Kier alpha value is -1.22. The predicted octanol–water partition coefficient (Wildman–Crippen LogP) is 3.15. The number of methoxy groups -OCH3 is 1. The third-order valence-corrected chi connectivity index (χ3v) is 3.84. The molecule has 1 N–H and O–H groups in total. The smallest absolute Gasteiger partial charge is 0.142 e. The molecule has 3 nitrogen and oxygen atoms in total. The van der Waals surface area contributed by atoms with Crippen LogP contribution in [0.4, 0.5) is 5.69 Å². The molecule has 3 heteroatoms. The van der Waals surface area contributed by atoms with E-state index in [0.717, 1.165) is 18.7 Å². The molecule has 1 aromatic rings. The van der Waals surface area contributed by atoms with Crippen LogP contribution in [0, 0.1) is 0 Å². The fourth-order valence-corrected chi connectivity index (χ4v) is 2.97. The lowest BCUT2D eigenvalue weighted by Gasteiger charge is -2.36. The fraction of sp³-hybridized carbons (Fsp3) is 0.625. The van der Waals surface area contributed by atoms with E-state index in [-0.39, 0.29) is 0 Å². The average Bonchev–Trinajstić information content (AvgIpc) is 2.45. The van der Waals surface area contributed by atoms with Crippen molar-refractivity contribution in [2.24, 2.45) is 0 Å². The van der Waals surface area contributed by atoms with Crippen molar-refractivity contribution in [3.63, 3.8) is 0 Å². The molecule has 0 saturated heterocycles. The zero-order chi connectivity index (χ0) is 13.7. The molecule has 0 bridgehead atoms. The maximum atomic E-state index is 5.43. The van der Waals surface area contributed by atoms with Crippen LogP contribution in [0.25, 0.3) is 0 Å². The first-order valence-electron chi connectivity index (χ1n) is 7.43. The second-order valence-electron chi connectivity index (χ2n) is 5.27. The van der Waals surface area contributed by atoms with Gasteiger partial charge in [0, 0.05) is 12.6 Å². The number of nitrogens with zero attached hydrogens (tertiary/aromatic N) is 1. The van der Waals surface area contributed by atoms with Gasteiger partial charge < -0.3 is 10.1 Å². The first-order valence-corrected chi connectivity index (χ1v) is 7.43. The van der Waals surface area contributed by atoms with Gasteiger partial charge in [-0.15, -0.1) is 0 Å². The summed E-state index contributed by atoms with van der Waals surface area (Å²) >= 11 is 0. The van der Waals surface area contributed by atoms with Gasteiger partial charge in [0.05, 0.1) is 12.8 Å². The normalized spacial score (nSPS) is 18.0. The van der Waals surface area contributed by atoms with Crippen molar-refractivity contribution in [1.82, 2.24) is 4.90 Å². The monoisotopic (exact) mass is 262 g/mol. The Morgan fingerprint density at radius 3 is 2.63 bits per heavy atom. The van der Waals surface area contributed by atoms with E-state index in [1.807, 2.05) is 6.07 Å². The Bertz CT molecular complexity index is 400. The van der Waals surface area contributed by atoms with Gasteiger partial charge >= 0.3 is 0 Å². The SMILES string of the molecule is CCCN(CCC)[C@H]1CNc2c(cccc2OC)C1. The average molecular weight is 262 g/mol. The first kappa shape index (κ1) is 14.2. The van der Waals surface area contributed by atoms with E-state index in [1.54, 1.807) is 7.11 Å². The second kappa shape index (κ2) is 6.80. The molecule has 106 valence electrons. The van der Waals surface area contributed by atoms with E-state index in [1.165, 1.54) is 37.2 Å². The summed E-state index contributed by atoms with van der Waals surface area (Å²) in [6.45, 7) is 7.93. The summed E-state index contributed by atoms with van der Waals surface area (Å²) in [6.07, 6.45) is 3.57. The first-order chi connectivity index (χ1) is 9.30. The van der Waals surface area contributed by atoms with Crippen LogP contribution in [-0.4, -0.2) is 37.7 Å². The van der Waals surface area contributed by atoms with Crippen LogP contribution in [-0.2, 0) is 6.42 Å². The molecule has 0 saturated carbocycles. The number of para-hydroxylation sites is 1. The minimum atomic E-state index is 0.611. The summed E-state index contributed by atoms with van der Waals surface area (Å²) in [5, 5.41) is 3.56. The minimum absolute atomic E-state index is 0.611. The van der Waals surface area contributed by atoms with E-state index < -0.39 is 0 Å². The van der Waals surface area contributed by atoms with Gasteiger partial charge in [0.2, 0.25) is 0 Å². The second-order valence-corrected chi connectivity index (χ2v) is 5.27. The van der Waals surface area contributed by atoms with Gasteiger partial charge in [0.25, 0.3) is 0 Å². The van der Waals surface area contributed by atoms with Crippen molar-refractivity contribution in [3.8, 4) is 5.75 Å². The van der Waals surface area contributed by atoms with Crippen LogP contribution in [0.2, 0.25) is 0 Å². The lowest BCUT2D eigenvalue weighted by atomic mass is 9.97. The standard InChI is InChI=1S/C16H26N2O/c1-4-9-18(10-5-2)14-11-13-7-6-8-15(19-3)16(13)17-12-14/h6-8,14,17H,4-5,9-12H2,1-3H3/t14-/m1/s1. The van der Waals surface area contributed by atoms with Crippen LogP contribution < -0.4 is 10.1 Å². The zero-order valence-corrected chi connectivity index (χ0v) is 12.4. The van der Waals surface area contributed by atoms with Gasteiger partial charge in [-0.2, -0.15) is 0 Å². The number of benzene rings is 1. The van der Waals surface area contributed by atoms with Crippen LogP contribution in [0.3, 0.4) is 0 Å². The third-order valence-electron chi connectivity index (χ3n) is 3.84. The van der Waals surface area contributed by atoms with Crippen molar-refractivity contribution in [2.45, 2.75) is 39.2 Å². The highest BCUT2D eigenvalue weighted by atomic mass is 16.5. The Morgan fingerprint density at radius 2 is 2.00 bits per heavy atom. The van der Waals surface area contributed by atoms with Crippen LogP contribution in [0.1, 0.15) is 32.3 Å². The van der Waals surface area contributed by atoms with Gasteiger partial charge in [-0.05, 0) is 44.0 Å². The minimum Gasteiger partial charge on any atom is -0.495 e. The molecule has 0 unspecified atom stereocenters. The van der Waals surface area contributed by atoms with Crippen LogP contribution in [0.5, 0.6) is 5.75 Å². The molecule has 0 fully saturated rings. The molecule has 1 aromatic carbocycles. The molecule has 19 heavy (non-hydrogen) atoms. The van der Waals surface area contributed by atoms with Gasteiger partial charge in [-0.1, -0.05) is 26.0 Å². The molecule has 0 radical (unpaired) electrons. The number of anilines is 1. The topological polar surface area (TPSA) is 24.5 Å². The molecule has 1 heterocycles. The van der Waals surface area contributed by atoms with E-state index in [0.29, 0.717) is 6.04 Å². The van der Waals surface area contributed by atoms with Gasteiger partial charge in [0.15, 0.2) is 0 Å².